The third-order valence-electron chi connectivity index (χ3n) is 0.847. The molecule has 0 radical (unpaired) electrons. The van der Waals surface area contributed by atoms with Gasteiger partial charge in [0.05, 0.1) is 0 Å². The van der Waals surface area contributed by atoms with Gasteiger partial charge in [-0.15, -0.1) is 0 Å². The summed E-state index contributed by atoms with van der Waals surface area (Å²) < 4.78 is 0. The summed E-state index contributed by atoms with van der Waals surface area (Å²) in [4.78, 5) is 10.5. The molecule has 1 heteroatoms. The first-order valence-corrected chi connectivity index (χ1v) is 3.01. The molecule has 0 saturated carbocycles. The molecule has 0 aliphatic heterocycles. The third kappa shape index (κ3) is 5.01. The zero-order valence-corrected chi connectivity index (χ0v) is 5.92. The van der Waals surface area contributed by atoms with Crippen molar-refractivity contribution in [2.75, 3.05) is 0 Å². The van der Waals surface area contributed by atoms with E-state index in [0.29, 0.717) is 5.92 Å². The van der Waals surface area contributed by atoms with Gasteiger partial charge in [-0.2, -0.15) is 0 Å². The van der Waals surface area contributed by atoms with Crippen LogP contribution < -0.4 is 0 Å². The van der Waals surface area contributed by atoms with Gasteiger partial charge in [0.2, 0.25) is 0 Å². The van der Waals surface area contributed by atoms with Crippen LogP contribution in [0, 0.1) is 5.92 Å². The molecular weight excluding hydrogens is 112 g/mol. The Kier molecular flexibility index (Phi) is 3.69. The van der Waals surface area contributed by atoms with Crippen molar-refractivity contribution in [2.45, 2.75) is 13.8 Å². The molecule has 0 aromatic rings. The lowest BCUT2D eigenvalue weighted by molar-refractivity contribution is -0.110. The van der Waals surface area contributed by atoms with Crippen molar-refractivity contribution >= 4 is 5.78 Å². The molecule has 0 spiro atoms. The van der Waals surface area contributed by atoms with Gasteiger partial charge in [-0.3, -0.25) is 4.79 Å². The fourth-order valence-electron chi connectivity index (χ4n) is 0.355. The van der Waals surface area contributed by atoms with Gasteiger partial charge in [0, 0.05) is 0 Å². The Balaban J connectivity index is 3.70. The standard InChI is InChI=1S/C8H12O/c1-4-8(9)6-5-7(2)3/h4-7H,1H2,2-3H3/b6-5+. The maximum absolute atomic E-state index is 10.5. The van der Waals surface area contributed by atoms with E-state index in [1.807, 2.05) is 19.9 Å². The van der Waals surface area contributed by atoms with Crippen LogP contribution in [0.5, 0.6) is 0 Å². The van der Waals surface area contributed by atoms with E-state index in [9.17, 15) is 4.79 Å². The van der Waals surface area contributed by atoms with E-state index >= 15 is 0 Å². The summed E-state index contributed by atoms with van der Waals surface area (Å²) in [5.41, 5.74) is 0. The van der Waals surface area contributed by atoms with Crippen LogP contribution in [0.3, 0.4) is 0 Å². The molecule has 0 rings (SSSR count). The minimum atomic E-state index is -0.0244. The molecule has 0 aromatic carbocycles. The first kappa shape index (κ1) is 8.15. The molecule has 9 heavy (non-hydrogen) atoms. The molecular formula is C8H12O. The Morgan fingerprint density at radius 1 is 1.56 bits per heavy atom. The van der Waals surface area contributed by atoms with Gasteiger partial charge in [-0.1, -0.05) is 26.5 Å². The molecule has 1 nitrogen and oxygen atoms in total. The number of carbonyl (C=O) groups is 1. The quantitative estimate of drug-likeness (QED) is 0.525. The summed E-state index contributed by atoms with van der Waals surface area (Å²) in [5.74, 6) is 0.414. The average Bonchev–Trinajstić information content (AvgIpc) is 1.83. The van der Waals surface area contributed by atoms with Crippen LogP contribution in [-0.4, -0.2) is 5.78 Å². The average molecular weight is 124 g/mol. The van der Waals surface area contributed by atoms with Crippen LogP contribution in [0.1, 0.15) is 13.8 Å². The molecule has 0 aliphatic carbocycles. The first-order chi connectivity index (χ1) is 4.16. The molecule has 50 valence electrons. The number of hydrogen-bond donors (Lipinski definition) is 0. The molecule has 0 bridgehead atoms. The fourth-order valence-corrected chi connectivity index (χ4v) is 0.355. The minimum Gasteiger partial charge on any atom is -0.290 e. The zero-order chi connectivity index (χ0) is 7.28. The Bertz CT molecular complexity index is 132. The second-order valence-electron chi connectivity index (χ2n) is 2.21. The molecule has 0 aromatic heterocycles. The summed E-state index contributed by atoms with van der Waals surface area (Å²) in [7, 11) is 0. The summed E-state index contributed by atoms with van der Waals surface area (Å²) in [6.45, 7) is 7.38. The molecule has 0 aliphatic rings. The molecule has 0 atom stereocenters. The van der Waals surface area contributed by atoms with Crippen molar-refractivity contribution in [1.82, 2.24) is 0 Å². The monoisotopic (exact) mass is 124 g/mol. The Hall–Kier alpha value is -0.850. The van der Waals surface area contributed by atoms with Gasteiger partial charge < -0.3 is 0 Å². The SMILES string of the molecule is C=CC(=O)/C=C/C(C)C. The van der Waals surface area contributed by atoms with Crippen molar-refractivity contribution < 1.29 is 4.79 Å². The van der Waals surface area contributed by atoms with E-state index in [4.69, 9.17) is 0 Å². The predicted octanol–water partition coefficient (Wildman–Crippen LogP) is 1.95. The molecule has 0 unspecified atom stereocenters. The Labute approximate surface area is 56.1 Å². The van der Waals surface area contributed by atoms with Gasteiger partial charge in [0.25, 0.3) is 0 Å². The summed E-state index contributed by atoms with van der Waals surface area (Å²) in [6, 6.07) is 0. The molecule has 0 N–H and O–H groups in total. The van der Waals surface area contributed by atoms with E-state index < -0.39 is 0 Å². The number of ketones is 1. The molecule has 0 heterocycles. The second kappa shape index (κ2) is 4.07. The van der Waals surface area contributed by atoms with Crippen molar-refractivity contribution in [2.24, 2.45) is 5.92 Å². The van der Waals surface area contributed by atoms with Gasteiger partial charge in [0.15, 0.2) is 5.78 Å². The lowest BCUT2D eigenvalue weighted by atomic mass is 10.2. The molecule has 0 amide bonds. The Morgan fingerprint density at radius 3 is 2.44 bits per heavy atom. The van der Waals surface area contributed by atoms with Crippen LogP contribution in [0.15, 0.2) is 24.8 Å². The lowest BCUT2D eigenvalue weighted by Crippen LogP contribution is -1.85. The third-order valence-corrected chi connectivity index (χ3v) is 0.847. The summed E-state index contributed by atoms with van der Waals surface area (Å²) in [5, 5.41) is 0. The van der Waals surface area contributed by atoms with E-state index in [1.54, 1.807) is 0 Å². The highest BCUT2D eigenvalue weighted by molar-refractivity contribution is 5.98. The molecule has 0 fully saturated rings. The second-order valence-corrected chi connectivity index (χ2v) is 2.21. The van der Waals surface area contributed by atoms with E-state index in [2.05, 4.69) is 6.58 Å². The predicted molar refractivity (Wildman–Crippen MR) is 39.2 cm³/mol. The van der Waals surface area contributed by atoms with Crippen LogP contribution in [-0.2, 0) is 4.79 Å². The highest BCUT2D eigenvalue weighted by Crippen LogP contribution is 1.92. The van der Waals surface area contributed by atoms with E-state index in [-0.39, 0.29) is 5.78 Å². The number of allylic oxidation sites excluding steroid dienone is 3. The number of carbonyl (C=O) groups excluding carboxylic acids is 1. The van der Waals surface area contributed by atoms with E-state index in [1.165, 1.54) is 12.2 Å². The van der Waals surface area contributed by atoms with Gasteiger partial charge in [-0.05, 0) is 18.1 Å². The van der Waals surface area contributed by atoms with Crippen molar-refractivity contribution in [3.8, 4) is 0 Å². The minimum absolute atomic E-state index is 0.0244. The fraction of sp³-hybridized carbons (Fsp3) is 0.375. The number of hydrogen-bond acceptors (Lipinski definition) is 1. The normalized spacial score (nSPS) is 10.6. The van der Waals surface area contributed by atoms with Crippen LogP contribution in [0.4, 0.5) is 0 Å². The first-order valence-electron chi connectivity index (χ1n) is 3.01. The maximum atomic E-state index is 10.5. The van der Waals surface area contributed by atoms with Gasteiger partial charge in [0.1, 0.15) is 0 Å². The van der Waals surface area contributed by atoms with Gasteiger partial charge in [-0.25, -0.2) is 0 Å². The summed E-state index contributed by atoms with van der Waals surface area (Å²) >= 11 is 0. The van der Waals surface area contributed by atoms with Crippen molar-refractivity contribution in [1.29, 1.82) is 0 Å². The molecule has 0 saturated heterocycles. The Morgan fingerprint density at radius 2 is 2.11 bits per heavy atom. The highest BCUT2D eigenvalue weighted by atomic mass is 16.1. The van der Waals surface area contributed by atoms with E-state index in [0.717, 1.165) is 0 Å². The van der Waals surface area contributed by atoms with Crippen molar-refractivity contribution in [3.05, 3.63) is 24.8 Å². The van der Waals surface area contributed by atoms with Gasteiger partial charge >= 0.3 is 0 Å². The topological polar surface area (TPSA) is 17.1 Å². The largest absolute Gasteiger partial charge is 0.290 e. The summed E-state index contributed by atoms with van der Waals surface area (Å²) in [6.07, 6.45) is 4.70. The highest BCUT2D eigenvalue weighted by Gasteiger charge is 1.86. The van der Waals surface area contributed by atoms with Crippen LogP contribution >= 0.6 is 0 Å². The lowest BCUT2D eigenvalue weighted by Gasteiger charge is -1.89. The number of rotatable bonds is 3. The maximum Gasteiger partial charge on any atom is 0.177 e. The van der Waals surface area contributed by atoms with Crippen LogP contribution in [0.25, 0.3) is 0 Å². The van der Waals surface area contributed by atoms with Crippen molar-refractivity contribution in [3.63, 3.8) is 0 Å². The smallest absolute Gasteiger partial charge is 0.177 e. The zero-order valence-electron chi connectivity index (χ0n) is 5.92. The van der Waals surface area contributed by atoms with Crippen LogP contribution in [0.2, 0.25) is 0 Å².